The fourth-order valence-corrected chi connectivity index (χ4v) is 0. The van der Waals surface area contributed by atoms with Gasteiger partial charge in [0, 0.05) is 37.1 Å². The topological polar surface area (TPSA) is 0 Å². The molecule has 0 spiro atoms. The zero-order valence-corrected chi connectivity index (χ0v) is 14.8. The Morgan fingerprint density at radius 1 is 0.350 bits per heavy atom. The molecule has 140 valence electrons. The smallest absolute Gasteiger partial charge is 0.358 e. The van der Waals surface area contributed by atoms with Crippen LogP contribution in [0.3, 0.4) is 0 Å². The first-order valence-electron chi connectivity index (χ1n) is 1.41. The van der Waals surface area contributed by atoms with Crippen LogP contribution in [0.5, 0.6) is 0 Å². The van der Waals surface area contributed by atoms with Crippen molar-refractivity contribution in [2.24, 2.45) is 0 Å². The van der Waals surface area contributed by atoms with Gasteiger partial charge < -0.3 is 43.6 Å². The van der Waals surface area contributed by atoms with Crippen molar-refractivity contribution in [2.75, 3.05) is 0 Å². The van der Waals surface area contributed by atoms with Crippen LogP contribution in [0.1, 0.15) is 73.3 Å². The van der Waals surface area contributed by atoms with Gasteiger partial charge in [0.2, 0.25) is 0 Å². The van der Waals surface area contributed by atoms with E-state index in [1.807, 2.05) is 0 Å². The molecule has 0 aromatic rings. The molecule has 0 aliphatic rings. The van der Waals surface area contributed by atoms with E-state index in [1.165, 1.54) is 0 Å². The van der Waals surface area contributed by atoms with Gasteiger partial charge in [-0.2, -0.15) is 13.8 Å². The minimum atomic E-state index is 0. The quantitative estimate of drug-likeness (QED) is 0.324. The Hall–Kier alpha value is 2.34. The molecule has 0 aliphatic heterocycles. The van der Waals surface area contributed by atoms with Crippen molar-refractivity contribution in [3.05, 3.63) is 43.6 Å². The van der Waals surface area contributed by atoms with E-state index in [0.29, 0.717) is 0 Å². The number of hydrogen-bond acceptors (Lipinski definition) is 0. The van der Waals surface area contributed by atoms with Gasteiger partial charge in [-0.25, -0.2) is 0 Å². The van der Waals surface area contributed by atoms with Crippen LogP contribution in [-0.4, -0.2) is 0 Å². The van der Waals surface area contributed by atoms with E-state index in [0.717, 1.165) is 0 Å². The second-order valence-corrected chi connectivity index (χ2v) is 0. The van der Waals surface area contributed by atoms with Crippen LogP contribution in [-0.2, 0) is 74.2 Å². The van der Waals surface area contributed by atoms with Gasteiger partial charge in [0.05, 0.1) is 0 Å². The summed E-state index contributed by atoms with van der Waals surface area (Å²) in [6.07, 6.45) is 0. The van der Waals surface area contributed by atoms with Crippen LogP contribution < -0.4 is 0 Å². The summed E-state index contributed by atoms with van der Waals surface area (Å²) in [5, 5.41) is 0. The number of rotatable bonds is 0. The summed E-state index contributed by atoms with van der Waals surface area (Å²) in [5.74, 6) is 0. The molecule has 20 heavy (non-hydrogen) atoms. The third-order valence-corrected chi connectivity index (χ3v) is 0. The van der Waals surface area contributed by atoms with Gasteiger partial charge in [0.25, 0.3) is 0 Å². The summed E-state index contributed by atoms with van der Waals surface area (Å²) in [5.41, 5.74) is 0. The van der Waals surface area contributed by atoms with Crippen LogP contribution in [0.4, 0.5) is 0 Å². The Bertz CT molecular complexity index is 14.4. The van der Waals surface area contributed by atoms with Crippen molar-refractivity contribution in [1.29, 1.82) is 0 Å². The molecule has 0 aliphatic carbocycles. The molecule has 0 heterocycles. The van der Waals surface area contributed by atoms with Crippen molar-refractivity contribution in [1.82, 2.24) is 0 Å². The van der Waals surface area contributed by atoms with Gasteiger partial charge in [0.15, 0.2) is 0 Å². The molecule has 0 rings (SSSR count). The van der Waals surface area contributed by atoms with Crippen LogP contribution in [0.15, 0.2) is 0 Å². The minimum absolute atomic E-state index is 0. The maximum atomic E-state index is 3.25. The van der Waals surface area contributed by atoms with Gasteiger partial charge in [-0.05, 0) is 0 Å². The molecule has 0 aromatic carbocycles. The molecule has 0 unspecified atom stereocenters. The van der Waals surface area contributed by atoms with Gasteiger partial charge in [-0.1, -0.05) is 59.4 Å². The van der Waals surface area contributed by atoms with Crippen LogP contribution in [0.25, 0.3) is 0 Å². The fourth-order valence-electron chi connectivity index (χ4n) is 0. The standard InChI is InChI=1S/2C2H5.8CH4.4CH3.4V/c2*1-2;;;;;;;;;;;;;;;;/h2*1H2,2H3;8*1H4;4*1H3;;;;/q2*-1;;;;;;;;;4*-1;;;2*+2. The summed E-state index contributed by atoms with van der Waals surface area (Å²) in [4.78, 5) is 0. The predicted molar refractivity (Wildman–Crippen MR) is 102 cm³/mol. The van der Waals surface area contributed by atoms with Crippen LogP contribution in [0, 0.1) is 43.6 Å². The van der Waals surface area contributed by atoms with Gasteiger partial charge in [-0.15, -0.1) is 0 Å². The van der Waals surface area contributed by atoms with E-state index in [1.54, 1.807) is 13.8 Å². The van der Waals surface area contributed by atoms with Gasteiger partial charge in [0.1, 0.15) is 0 Å². The van der Waals surface area contributed by atoms with E-state index in [2.05, 4.69) is 13.8 Å². The maximum absolute atomic E-state index is 3.25. The first kappa shape index (κ1) is 541. The van der Waals surface area contributed by atoms with Crippen molar-refractivity contribution < 1.29 is 74.2 Å². The van der Waals surface area contributed by atoms with Crippen molar-refractivity contribution in [3.8, 4) is 0 Å². The average molecular weight is 450 g/mol. The molecule has 0 fully saturated rings. The van der Waals surface area contributed by atoms with Crippen LogP contribution in [0.2, 0.25) is 0 Å². The molecule has 0 saturated heterocycles. The third kappa shape index (κ3) is 1390. The largest absolute Gasteiger partial charge is 2.00 e. The number of hydrogen-bond donors (Lipinski definition) is 0. The first-order chi connectivity index (χ1) is 2.00. The molecule has 0 atom stereocenters. The summed E-state index contributed by atoms with van der Waals surface area (Å²) in [7, 11) is 0. The van der Waals surface area contributed by atoms with E-state index < -0.39 is 0 Å². The Morgan fingerprint density at radius 2 is 0.350 bits per heavy atom. The monoisotopic (exact) mass is 450 g/mol. The van der Waals surface area contributed by atoms with Gasteiger partial charge in [-0.3, -0.25) is 0 Å². The SMILES string of the molecule is C.C.C.C.C.C.C.C.[CH2-]C.[CH2-]C.[CH3-].[CH3-].[CH3-].[CH3-].[V+2].[V+2].[V].[V]. The zero-order chi connectivity index (χ0) is 4.00. The molecule has 0 amide bonds. The van der Waals surface area contributed by atoms with E-state index in [-0.39, 0.29) is 163 Å². The second-order valence-electron chi connectivity index (χ2n) is 0. The Kier molecular flexibility index (Phi) is 43600. The van der Waals surface area contributed by atoms with E-state index in [4.69, 9.17) is 0 Å². The van der Waals surface area contributed by atoms with E-state index in [9.17, 15) is 0 Å². The maximum Gasteiger partial charge on any atom is 2.00 e. The third-order valence-electron chi connectivity index (χ3n) is 0. The van der Waals surface area contributed by atoms with Crippen molar-refractivity contribution >= 4 is 0 Å². The Balaban J connectivity index is -0.000000000139. The first-order valence-corrected chi connectivity index (χ1v) is 1.41. The Labute approximate surface area is 189 Å². The van der Waals surface area contributed by atoms with Crippen LogP contribution >= 0.6 is 0 Å². The van der Waals surface area contributed by atoms with Gasteiger partial charge >= 0.3 is 37.1 Å². The molecular weight excluding hydrogens is 396 g/mol. The average Bonchev–Trinajstić information content (AvgIpc) is 1.50. The second kappa shape index (κ2) is 1620. The molecular formula is C16H54V4-2. The summed E-state index contributed by atoms with van der Waals surface area (Å²) < 4.78 is 0. The predicted octanol–water partition coefficient (Wildman–Crippen LogP) is 8.56. The molecule has 0 saturated carbocycles. The molecule has 0 bridgehead atoms. The fraction of sp³-hybridized carbons (Fsp3) is 0.625. The summed E-state index contributed by atoms with van der Waals surface area (Å²) in [6, 6.07) is 0. The normalized spacial score (nSPS) is 0.600. The molecule has 4 heteroatoms. The van der Waals surface area contributed by atoms with Crippen molar-refractivity contribution in [2.45, 2.75) is 73.3 Å². The van der Waals surface area contributed by atoms with Crippen molar-refractivity contribution in [3.63, 3.8) is 0 Å². The molecule has 0 N–H and O–H groups in total. The molecule has 0 nitrogen and oxygen atoms in total. The molecule has 4 radical (unpaired) electrons. The summed E-state index contributed by atoms with van der Waals surface area (Å²) >= 11 is 0. The minimum Gasteiger partial charge on any atom is -0.358 e. The zero-order valence-electron chi connectivity index (χ0n) is 9.20. The summed E-state index contributed by atoms with van der Waals surface area (Å²) in [6.45, 7) is 10.0. The van der Waals surface area contributed by atoms with E-state index >= 15 is 0 Å². The molecule has 0 aromatic heterocycles. The Morgan fingerprint density at radius 3 is 0.350 bits per heavy atom.